The highest BCUT2D eigenvalue weighted by Gasteiger charge is 2.20. The maximum atomic E-state index is 12.7. The van der Waals surface area contributed by atoms with Crippen LogP contribution in [0.3, 0.4) is 0 Å². The molecular formula is C23H22ClN3O5S. The van der Waals surface area contributed by atoms with Crippen molar-refractivity contribution in [3.05, 3.63) is 75.6 Å². The van der Waals surface area contributed by atoms with Gasteiger partial charge in [-0.3, -0.25) is 14.4 Å². The Labute approximate surface area is 196 Å². The number of benzene rings is 2. The first-order chi connectivity index (χ1) is 15.4. The fourth-order valence-electron chi connectivity index (χ4n) is 3.46. The number of aromatic amines is 1. The van der Waals surface area contributed by atoms with Crippen LogP contribution in [0, 0.1) is 13.8 Å². The lowest BCUT2D eigenvalue weighted by molar-refractivity contribution is 0.101. The van der Waals surface area contributed by atoms with E-state index in [1.165, 1.54) is 43.3 Å². The highest BCUT2D eigenvalue weighted by molar-refractivity contribution is 7.90. The molecule has 1 aromatic heterocycles. The maximum absolute atomic E-state index is 12.7. The average Bonchev–Trinajstić information content (AvgIpc) is 3.03. The molecule has 3 aromatic rings. The zero-order chi connectivity index (χ0) is 24.5. The SMILES string of the molecule is CC(=O)c1c(C)[nH]c(C(=O)Nc2ccc(NC(=O)c3cccc(S(C)(=O)=O)c3)c(Cl)c2)c1C. The number of hydrogen-bond donors (Lipinski definition) is 3. The summed E-state index contributed by atoms with van der Waals surface area (Å²) >= 11 is 6.28. The minimum Gasteiger partial charge on any atom is -0.354 e. The lowest BCUT2D eigenvalue weighted by atomic mass is 10.1. The predicted octanol–water partition coefficient (Wildman–Crippen LogP) is 4.40. The number of aryl methyl sites for hydroxylation is 1. The molecule has 2 aromatic carbocycles. The standard InChI is InChI=1S/C23H22ClN3O5S/c1-12-20(14(3)28)13(2)25-21(12)23(30)26-16-8-9-19(18(24)11-16)27-22(29)15-6-5-7-17(10-15)33(4,31)32/h5-11,25H,1-4H3,(H,26,30)(H,27,29). The summed E-state index contributed by atoms with van der Waals surface area (Å²) in [7, 11) is -3.46. The highest BCUT2D eigenvalue weighted by Crippen LogP contribution is 2.27. The molecule has 0 saturated carbocycles. The number of carbonyl (C=O) groups is 3. The molecule has 0 aliphatic carbocycles. The van der Waals surface area contributed by atoms with Crippen molar-refractivity contribution in [2.24, 2.45) is 0 Å². The van der Waals surface area contributed by atoms with Crippen molar-refractivity contribution in [2.45, 2.75) is 25.7 Å². The molecule has 33 heavy (non-hydrogen) atoms. The van der Waals surface area contributed by atoms with E-state index in [9.17, 15) is 22.8 Å². The second kappa shape index (κ2) is 9.21. The molecule has 0 radical (unpaired) electrons. The van der Waals surface area contributed by atoms with Gasteiger partial charge < -0.3 is 15.6 Å². The Morgan fingerprint density at radius 2 is 1.67 bits per heavy atom. The second-order valence-electron chi connectivity index (χ2n) is 7.58. The van der Waals surface area contributed by atoms with Crippen LogP contribution in [0.25, 0.3) is 0 Å². The van der Waals surface area contributed by atoms with Gasteiger partial charge in [-0.25, -0.2) is 8.42 Å². The van der Waals surface area contributed by atoms with Crippen LogP contribution in [0.15, 0.2) is 47.4 Å². The summed E-state index contributed by atoms with van der Waals surface area (Å²) in [5.74, 6) is -1.10. The van der Waals surface area contributed by atoms with Crippen molar-refractivity contribution >= 4 is 50.4 Å². The quantitative estimate of drug-likeness (QED) is 0.444. The number of halogens is 1. The molecule has 0 aliphatic rings. The first-order valence-electron chi connectivity index (χ1n) is 9.81. The highest BCUT2D eigenvalue weighted by atomic mass is 35.5. The fraction of sp³-hybridized carbons (Fsp3) is 0.174. The largest absolute Gasteiger partial charge is 0.354 e. The third kappa shape index (κ3) is 5.32. The summed E-state index contributed by atoms with van der Waals surface area (Å²) in [4.78, 5) is 40.0. The first-order valence-corrected chi connectivity index (χ1v) is 12.1. The molecule has 0 atom stereocenters. The van der Waals surface area contributed by atoms with E-state index < -0.39 is 21.7 Å². The van der Waals surface area contributed by atoms with Crippen molar-refractivity contribution in [1.29, 1.82) is 0 Å². The zero-order valence-electron chi connectivity index (χ0n) is 18.4. The Bertz CT molecular complexity index is 1390. The Balaban J connectivity index is 1.77. The average molecular weight is 488 g/mol. The van der Waals surface area contributed by atoms with E-state index in [0.717, 1.165) is 6.26 Å². The van der Waals surface area contributed by atoms with E-state index in [4.69, 9.17) is 11.6 Å². The summed E-state index contributed by atoms with van der Waals surface area (Å²) in [5.41, 5.74) is 2.76. The molecule has 10 heteroatoms. The molecule has 2 amide bonds. The monoisotopic (exact) mass is 487 g/mol. The maximum Gasteiger partial charge on any atom is 0.272 e. The third-order valence-corrected chi connectivity index (χ3v) is 6.44. The van der Waals surface area contributed by atoms with Crippen LogP contribution in [-0.2, 0) is 9.84 Å². The number of amides is 2. The number of hydrogen-bond acceptors (Lipinski definition) is 5. The Morgan fingerprint density at radius 1 is 0.970 bits per heavy atom. The minimum atomic E-state index is -3.46. The first kappa shape index (κ1) is 24.2. The molecule has 172 valence electrons. The van der Waals surface area contributed by atoms with Crippen molar-refractivity contribution in [3.8, 4) is 0 Å². The minimum absolute atomic E-state index is 0.0297. The third-order valence-electron chi connectivity index (χ3n) is 5.02. The summed E-state index contributed by atoms with van der Waals surface area (Å²) in [6.07, 6.45) is 1.06. The summed E-state index contributed by atoms with van der Waals surface area (Å²) in [6.45, 7) is 4.86. The van der Waals surface area contributed by atoms with Gasteiger partial charge in [0, 0.05) is 28.8 Å². The Kier molecular flexibility index (Phi) is 6.76. The van der Waals surface area contributed by atoms with Gasteiger partial charge in [0.25, 0.3) is 11.8 Å². The number of Topliss-reactive ketones (excluding diaryl/α,β-unsaturated/α-hetero) is 1. The molecule has 1 heterocycles. The van der Waals surface area contributed by atoms with E-state index in [-0.39, 0.29) is 32.6 Å². The second-order valence-corrected chi connectivity index (χ2v) is 10.0. The smallest absolute Gasteiger partial charge is 0.272 e. The molecule has 0 bridgehead atoms. The van der Waals surface area contributed by atoms with Crippen molar-refractivity contribution < 1.29 is 22.8 Å². The Hall–Kier alpha value is -3.43. The van der Waals surface area contributed by atoms with Crippen molar-refractivity contribution in [1.82, 2.24) is 4.98 Å². The lowest BCUT2D eigenvalue weighted by Gasteiger charge is -2.11. The predicted molar refractivity (Wildman–Crippen MR) is 127 cm³/mol. The fourth-order valence-corrected chi connectivity index (χ4v) is 4.35. The van der Waals surface area contributed by atoms with Crippen LogP contribution in [0.5, 0.6) is 0 Å². The van der Waals surface area contributed by atoms with Crippen LogP contribution in [0.2, 0.25) is 5.02 Å². The number of ketones is 1. The van der Waals surface area contributed by atoms with Crippen molar-refractivity contribution in [3.63, 3.8) is 0 Å². The van der Waals surface area contributed by atoms with Gasteiger partial charge in [-0.05, 0) is 62.7 Å². The molecule has 3 N–H and O–H groups in total. The van der Waals surface area contributed by atoms with Gasteiger partial charge in [0.05, 0.1) is 15.6 Å². The molecule has 0 aliphatic heterocycles. The van der Waals surface area contributed by atoms with Gasteiger partial charge in [-0.15, -0.1) is 0 Å². The number of anilines is 2. The molecule has 0 saturated heterocycles. The molecule has 0 spiro atoms. The molecular weight excluding hydrogens is 466 g/mol. The number of H-pyrrole nitrogens is 1. The number of nitrogens with one attached hydrogen (secondary N) is 3. The van der Waals surface area contributed by atoms with Gasteiger partial charge in [0.1, 0.15) is 5.69 Å². The van der Waals surface area contributed by atoms with Gasteiger partial charge in [0.15, 0.2) is 15.6 Å². The lowest BCUT2D eigenvalue weighted by Crippen LogP contribution is -2.15. The van der Waals surface area contributed by atoms with Crippen LogP contribution >= 0.6 is 11.6 Å². The van der Waals surface area contributed by atoms with Gasteiger partial charge >= 0.3 is 0 Å². The molecule has 3 rings (SSSR count). The summed E-state index contributed by atoms with van der Waals surface area (Å²) < 4.78 is 23.4. The summed E-state index contributed by atoms with van der Waals surface area (Å²) in [5, 5.41) is 5.51. The Morgan fingerprint density at radius 3 is 2.24 bits per heavy atom. The van der Waals surface area contributed by atoms with Crippen LogP contribution < -0.4 is 10.6 Å². The number of sulfone groups is 1. The van der Waals surface area contributed by atoms with E-state index in [2.05, 4.69) is 15.6 Å². The molecule has 0 fully saturated rings. The van der Waals surface area contributed by atoms with E-state index in [0.29, 0.717) is 22.5 Å². The summed E-state index contributed by atoms with van der Waals surface area (Å²) in [6, 6.07) is 10.2. The van der Waals surface area contributed by atoms with E-state index >= 15 is 0 Å². The van der Waals surface area contributed by atoms with Crippen LogP contribution in [0.4, 0.5) is 11.4 Å². The van der Waals surface area contributed by atoms with Crippen LogP contribution in [-0.4, -0.2) is 37.3 Å². The number of carbonyl (C=O) groups excluding carboxylic acids is 3. The normalized spacial score (nSPS) is 11.2. The van der Waals surface area contributed by atoms with E-state index in [1.54, 1.807) is 19.9 Å². The number of aromatic nitrogens is 1. The number of rotatable bonds is 6. The van der Waals surface area contributed by atoms with Crippen molar-refractivity contribution in [2.75, 3.05) is 16.9 Å². The van der Waals surface area contributed by atoms with Gasteiger partial charge in [-0.1, -0.05) is 17.7 Å². The van der Waals surface area contributed by atoms with E-state index in [1.807, 2.05) is 0 Å². The van der Waals surface area contributed by atoms with Gasteiger partial charge in [-0.2, -0.15) is 0 Å². The zero-order valence-corrected chi connectivity index (χ0v) is 19.9. The van der Waals surface area contributed by atoms with Crippen LogP contribution in [0.1, 0.15) is 49.4 Å². The molecule has 0 unspecified atom stereocenters. The van der Waals surface area contributed by atoms with Gasteiger partial charge in [0.2, 0.25) is 0 Å². The topological polar surface area (TPSA) is 125 Å². The molecule has 8 nitrogen and oxygen atoms in total.